The molecule has 1 heterocycles. The van der Waals surface area contributed by atoms with E-state index in [2.05, 4.69) is 20.5 Å². The maximum atomic E-state index is 5.47. The Labute approximate surface area is 136 Å². The van der Waals surface area contributed by atoms with Crippen molar-refractivity contribution in [3.8, 4) is 22.8 Å². The van der Waals surface area contributed by atoms with Crippen LogP contribution in [-0.2, 0) is 4.74 Å². The molecule has 0 saturated heterocycles. The zero-order valence-corrected chi connectivity index (χ0v) is 13.9. The summed E-state index contributed by atoms with van der Waals surface area (Å²) in [5.41, 5.74) is 1.50. The third-order valence-electron chi connectivity index (χ3n) is 3.08. The van der Waals surface area contributed by atoms with Crippen molar-refractivity contribution in [3.05, 3.63) is 24.4 Å². The standard InChI is InChI=1S/C16H22N4O3/c1-11(2)23-8-7-17-16-19-14(10-18-20-16)13-6-5-12(21-3)9-15(13)22-4/h5-6,9-11H,7-8H2,1-4H3,(H,17,19,20). The molecule has 1 aromatic carbocycles. The zero-order chi connectivity index (χ0) is 16.7. The molecule has 0 aliphatic carbocycles. The molecule has 1 N–H and O–H groups in total. The van der Waals surface area contributed by atoms with Gasteiger partial charge in [0.2, 0.25) is 5.95 Å². The molecule has 0 saturated carbocycles. The molecule has 0 radical (unpaired) electrons. The van der Waals surface area contributed by atoms with Crippen molar-refractivity contribution in [1.82, 2.24) is 15.2 Å². The van der Waals surface area contributed by atoms with E-state index < -0.39 is 0 Å². The lowest BCUT2D eigenvalue weighted by Gasteiger charge is -2.11. The second kappa shape index (κ2) is 8.28. The van der Waals surface area contributed by atoms with E-state index in [1.807, 2.05) is 26.0 Å². The maximum absolute atomic E-state index is 5.47. The SMILES string of the molecule is COc1ccc(-c2cnnc(NCCOC(C)C)n2)c(OC)c1. The van der Waals surface area contributed by atoms with Crippen molar-refractivity contribution in [2.75, 3.05) is 32.7 Å². The quantitative estimate of drug-likeness (QED) is 0.749. The monoisotopic (exact) mass is 318 g/mol. The Morgan fingerprint density at radius 3 is 2.70 bits per heavy atom. The van der Waals surface area contributed by atoms with E-state index in [9.17, 15) is 0 Å². The summed E-state index contributed by atoms with van der Waals surface area (Å²) in [7, 11) is 3.22. The van der Waals surface area contributed by atoms with Gasteiger partial charge in [0, 0.05) is 18.2 Å². The first kappa shape index (κ1) is 17.0. The van der Waals surface area contributed by atoms with Gasteiger partial charge >= 0.3 is 0 Å². The lowest BCUT2D eigenvalue weighted by molar-refractivity contribution is 0.0870. The minimum atomic E-state index is 0.200. The van der Waals surface area contributed by atoms with Gasteiger partial charge in [-0.1, -0.05) is 0 Å². The third-order valence-corrected chi connectivity index (χ3v) is 3.08. The lowest BCUT2D eigenvalue weighted by Crippen LogP contribution is -2.15. The van der Waals surface area contributed by atoms with Crippen LogP contribution in [0.3, 0.4) is 0 Å². The lowest BCUT2D eigenvalue weighted by atomic mass is 10.1. The molecule has 0 spiro atoms. The van der Waals surface area contributed by atoms with Crippen LogP contribution in [0.1, 0.15) is 13.8 Å². The average molecular weight is 318 g/mol. The van der Waals surface area contributed by atoms with Gasteiger partial charge in [-0.15, -0.1) is 5.10 Å². The molecular formula is C16H22N4O3. The Bertz CT molecular complexity index is 634. The van der Waals surface area contributed by atoms with E-state index in [-0.39, 0.29) is 6.10 Å². The second-order valence-corrected chi connectivity index (χ2v) is 5.08. The van der Waals surface area contributed by atoms with Crippen LogP contribution in [0, 0.1) is 0 Å². The van der Waals surface area contributed by atoms with E-state index >= 15 is 0 Å². The van der Waals surface area contributed by atoms with Crippen LogP contribution in [-0.4, -0.2) is 48.7 Å². The van der Waals surface area contributed by atoms with Gasteiger partial charge in [-0.2, -0.15) is 5.10 Å². The molecule has 0 aliphatic heterocycles. The van der Waals surface area contributed by atoms with Crippen LogP contribution >= 0.6 is 0 Å². The Hall–Kier alpha value is -2.41. The highest BCUT2D eigenvalue weighted by molar-refractivity contribution is 5.68. The summed E-state index contributed by atoms with van der Waals surface area (Å²) >= 11 is 0. The number of ether oxygens (including phenoxy) is 3. The third kappa shape index (κ3) is 4.79. The minimum Gasteiger partial charge on any atom is -0.497 e. The van der Waals surface area contributed by atoms with Crippen LogP contribution in [0.4, 0.5) is 5.95 Å². The number of nitrogens with one attached hydrogen (secondary N) is 1. The van der Waals surface area contributed by atoms with Gasteiger partial charge in [-0.25, -0.2) is 4.98 Å². The molecule has 7 nitrogen and oxygen atoms in total. The summed E-state index contributed by atoms with van der Waals surface area (Å²) in [4.78, 5) is 4.46. The number of rotatable bonds is 8. The highest BCUT2D eigenvalue weighted by Gasteiger charge is 2.10. The molecule has 0 aliphatic rings. The first-order chi connectivity index (χ1) is 11.1. The van der Waals surface area contributed by atoms with Crippen molar-refractivity contribution in [2.24, 2.45) is 0 Å². The molecule has 0 bridgehead atoms. The van der Waals surface area contributed by atoms with Gasteiger partial charge in [-0.3, -0.25) is 0 Å². The van der Waals surface area contributed by atoms with Crippen molar-refractivity contribution in [1.29, 1.82) is 0 Å². The van der Waals surface area contributed by atoms with Gasteiger partial charge in [0.15, 0.2) is 0 Å². The Morgan fingerprint density at radius 1 is 1.17 bits per heavy atom. The number of benzene rings is 1. The first-order valence-electron chi connectivity index (χ1n) is 7.41. The maximum Gasteiger partial charge on any atom is 0.243 e. The van der Waals surface area contributed by atoms with E-state index in [1.54, 1.807) is 26.5 Å². The van der Waals surface area contributed by atoms with Gasteiger partial charge < -0.3 is 19.5 Å². The predicted octanol–water partition coefficient (Wildman–Crippen LogP) is 2.39. The van der Waals surface area contributed by atoms with Gasteiger partial charge in [0.05, 0.1) is 38.8 Å². The Balaban J connectivity index is 2.13. The fourth-order valence-electron chi connectivity index (χ4n) is 1.98. The molecule has 0 amide bonds. The normalized spacial score (nSPS) is 10.7. The molecule has 0 unspecified atom stereocenters. The molecule has 7 heteroatoms. The highest BCUT2D eigenvalue weighted by atomic mass is 16.5. The Kier molecular flexibility index (Phi) is 6.10. The summed E-state index contributed by atoms with van der Waals surface area (Å²) < 4.78 is 16.1. The summed E-state index contributed by atoms with van der Waals surface area (Å²) in [6.07, 6.45) is 1.80. The minimum absolute atomic E-state index is 0.200. The first-order valence-corrected chi connectivity index (χ1v) is 7.41. The van der Waals surface area contributed by atoms with Crippen LogP contribution in [0.5, 0.6) is 11.5 Å². The molecular weight excluding hydrogens is 296 g/mol. The molecule has 2 aromatic rings. The molecule has 1 aromatic heterocycles. The van der Waals surface area contributed by atoms with E-state index in [0.29, 0.717) is 30.5 Å². The number of aromatic nitrogens is 3. The van der Waals surface area contributed by atoms with Crippen LogP contribution in [0.25, 0.3) is 11.3 Å². The highest BCUT2D eigenvalue weighted by Crippen LogP contribution is 2.31. The van der Waals surface area contributed by atoms with Crippen LogP contribution in [0.15, 0.2) is 24.4 Å². The number of hydrogen-bond acceptors (Lipinski definition) is 7. The summed E-state index contributed by atoms with van der Waals surface area (Å²) in [5.74, 6) is 1.84. The number of methoxy groups -OCH3 is 2. The van der Waals surface area contributed by atoms with Crippen molar-refractivity contribution in [3.63, 3.8) is 0 Å². The van der Waals surface area contributed by atoms with Gasteiger partial charge in [0.1, 0.15) is 11.5 Å². The molecule has 0 fully saturated rings. The summed E-state index contributed by atoms with van der Waals surface area (Å²) in [6.45, 7) is 5.18. The fraction of sp³-hybridized carbons (Fsp3) is 0.438. The molecule has 0 atom stereocenters. The largest absolute Gasteiger partial charge is 0.497 e. The van der Waals surface area contributed by atoms with Crippen LogP contribution < -0.4 is 14.8 Å². The van der Waals surface area contributed by atoms with Gasteiger partial charge in [-0.05, 0) is 26.0 Å². The molecule has 2 rings (SSSR count). The van der Waals surface area contributed by atoms with Crippen molar-refractivity contribution < 1.29 is 14.2 Å². The topological polar surface area (TPSA) is 78.4 Å². The molecule has 23 heavy (non-hydrogen) atoms. The summed E-state index contributed by atoms with van der Waals surface area (Å²) in [5, 5.41) is 11.1. The van der Waals surface area contributed by atoms with Crippen LogP contribution in [0.2, 0.25) is 0 Å². The summed E-state index contributed by atoms with van der Waals surface area (Å²) in [6, 6.07) is 5.54. The van der Waals surface area contributed by atoms with E-state index in [0.717, 1.165) is 11.3 Å². The predicted molar refractivity (Wildman–Crippen MR) is 87.9 cm³/mol. The number of anilines is 1. The van der Waals surface area contributed by atoms with Gasteiger partial charge in [0.25, 0.3) is 0 Å². The smallest absolute Gasteiger partial charge is 0.243 e. The van der Waals surface area contributed by atoms with Crippen molar-refractivity contribution in [2.45, 2.75) is 20.0 Å². The fourth-order valence-corrected chi connectivity index (χ4v) is 1.98. The number of nitrogens with zero attached hydrogens (tertiary/aromatic N) is 3. The van der Waals surface area contributed by atoms with E-state index in [4.69, 9.17) is 14.2 Å². The van der Waals surface area contributed by atoms with E-state index in [1.165, 1.54) is 0 Å². The Morgan fingerprint density at radius 2 is 2.00 bits per heavy atom. The number of hydrogen-bond donors (Lipinski definition) is 1. The second-order valence-electron chi connectivity index (χ2n) is 5.08. The van der Waals surface area contributed by atoms with Crippen molar-refractivity contribution >= 4 is 5.95 Å². The average Bonchev–Trinajstić information content (AvgIpc) is 2.58. The zero-order valence-electron chi connectivity index (χ0n) is 13.9. The molecule has 124 valence electrons.